The summed E-state index contributed by atoms with van der Waals surface area (Å²) < 4.78 is 11.2. The zero-order valence-corrected chi connectivity index (χ0v) is 41.9. The lowest BCUT2D eigenvalue weighted by Gasteiger charge is -2.40. The largest absolute Gasteiger partial charge is 0.394 e. The van der Waals surface area contributed by atoms with Crippen molar-refractivity contribution in [2.75, 3.05) is 13.2 Å². The van der Waals surface area contributed by atoms with E-state index in [0.29, 0.717) is 6.42 Å². The van der Waals surface area contributed by atoms with E-state index in [4.69, 9.17) is 9.47 Å². The number of rotatable bonds is 44. The lowest BCUT2D eigenvalue weighted by Crippen LogP contribution is -2.60. The lowest BCUT2D eigenvalue weighted by molar-refractivity contribution is -0.302. The molecule has 1 aliphatic rings. The van der Waals surface area contributed by atoms with E-state index in [1.54, 1.807) is 6.08 Å². The molecule has 0 aromatic carbocycles. The van der Waals surface area contributed by atoms with Gasteiger partial charge in [0, 0.05) is 6.42 Å². The molecule has 0 saturated carbocycles. The molecular weight excluding hydrogens is 827 g/mol. The second-order valence-electron chi connectivity index (χ2n) is 18.3. The summed E-state index contributed by atoms with van der Waals surface area (Å²) in [6, 6.07) is -0.814. The molecule has 0 spiro atoms. The van der Waals surface area contributed by atoms with Gasteiger partial charge >= 0.3 is 0 Å². The molecule has 0 aromatic heterocycles. The molecule has 0 bridgehead atoms. The minimum absolute atomic E-state index is 0.189. The van der Waals surface area contributed by atoms with Gasteiger partial charge in [0.2, 0.25) is 5.91 Å². The standard InChI is InChI=1S/C57H99NO8/c1-3-5-7-9-11-13-15-17-19-21-22-23-24-25-26-27-28-29-30-31-33-35-37-39-41-43-45-47-53(61)58-50(49-65-57-56(64)55(63)54(62)52(48-59)66-57)51(60)46-44-42-40-38-36-34-32-20-18-16-14-12-10-8-6-4-2/h5,7,11,13,17,19,22-23,25-26,28-29,44,46,50-52,54-57,59-60,62-64H,3-4,6,8-10,12,14-16,18,20-21,24,27,30-43,45,47-49H2,1-2H3,(H,58,61)/b7-5-,13-11-,19-17-,23-22-,26-25-,29-28-,46-44+. The molecule has 9 heteroatoms. The van der Waals surface area contributed by atoms with Gasteiger partial charge in [-0.05, 0) is 70.6 Å². The molecule has 7 unspecified atom stereocenters. The van der Waals surface area contributed by atoms with E-state index < -0.39 is 49.5 Å². The maximum atomic E-state index is 13.0. The average Bonchev–Trinajstić information content (AvgIpc) is 3.32. The lowest BCUT2D eigenvalue weighted by atomic mass is 9.99. The fraction of sp³-hybridized carbons (Fsp3) is 0.737. The molecule has 1 aliphatic heterocycles. The highest BCUT2D eigenvalue weighted by atomic mass is 16.7. The SMILES string of the molecule is CC/C=C\C/C=C\C/C=C\C/C=C\C/C=C\C/C=C\CCCCCCCCCCC(=O)NC(COC1OC(CO)C(O)C(O)C1O)C(O)/C=C/CCCCCCCCCCCCCCCC. The minimum atomic E-state index is -1.57. The van der Waals surface area contributed by atoms with Crippen LogP contribution in [0.15, 0.2) is 85.1 Å². The van der Waals surface area contributed by atoms with Crippen LogP contribution in [0.4, 0.5) is 0 Å². The Morgan fingerprint density at radius 2 is 0.939 bits per heavy atom. The van der Waals surface area contributed by atoms with Crippen molar-refractivity contribution in [1.82, 2.24) is 5.32 Å². The highest BCUT2D eigenvalue weighted by Crippen LogP contribution is 2.23. The van der Waals surface area contributed by atoms with E-state index in [-0.39, 0.29) is 12.5 Å². The second-order valence-corrected chi connectivity index (χ2v) is 18.3. The van der Waals surface area contributed by atoms with Crippen LogP contribution in [0.25, 0.3) is 0 Å². The Morgan fingerprint density at radius 1 is 0.530 bits per heavy atom. The Kier molecular flexibility index (Phi) is 42.9. The molecule has 1 saturated heterocycles. The molecule has 0 aliphatic carbocycles. The van der Waals surface area contributed by atoms with E-state index in [0.717, 1.165) is 89.9 Å². The summed E-state index contributed by atoms with van der Waals surface area (Å²) in [5, 5.41) is 54.4. The van der Waals surface area contributed by atoms with Gasteiger partial charge in [-0.25, -0.2) is 0 Å². The third kappa shape index (κ3) is 35.5. The van der Waals surface area contributed by atoms with E-state index in [1.165, 1.54) is 103 Å². The molecule has 1 heterocycles. The number of allylic oxidation sites excluding steroid dienone is 13. The van der Waals surface area contributed by atoms with E-state index in [1.807, 2.05) is 6.08 Å². The Balaban J connectivity index is 2.27. The molecule has 1 fully saturated rings. The van der Waals surface area contributed by atoms with Crippen molar-refractivity contribution in [3.63, 3.8) is 0 Å². The zero-order valence-electron chi connectivity index (χ0n) is 41.9. The summed E-state index contributed by atoms with van der Waals surface area (Å²) in [5.41, 5.74) is 0. The van der Waals surface area contributed by atoms with Gasteiger partial charge in [0.25, 0.3) is 0 Å². The van der Waals surface area contributed by atoms with Gasteiger partial charge in [-0.2, -0.15) is 0 Å². The Hall–Kier alpha value is -2.63. The summed E-state index contributed by atoms with van der Waals surface area (Å²) in [7, 11) is 0. The second kappa shape index (κ2) is 46.1. The fourth-order valence-electron chi connectivity index (χ4n) is 7.98. The number of carbonyl (C=O) groups is 1. The molecule has 9 nitrogen and oxygen atoms in total. The van der Waals surface area contributed by atoms with Crippen molar-refractivity contribution in [2.24, 2.45) is 0 Å². The summed E-state index contributed by atoms with van der Waals surface area (Å²) in [6.07, 6.45) is 57.7. The predicted octanol–water partition coefficient (Wildman–Crippen LogP) is 12.7. The summed E-state index contributed by atoms with van der Waals surface area (Å²) >= 11 is 0. The topological polar surface area (TPSA) is 149 Å². The summed E-state index contributed by atoms with van der Waals surface area (Å²) in [6.45, 7) is 3.65. The number of hydrogen-bond donors (Lipinski definition) is 6. The molecule has 7 atom stereocenters. The predicted molar refractivity (Wildman–Crippen MR) is 276 cm³/mol. The van der Waals surface area contributed by atoms with Crippen molar-refractivity contribution in [1.29, 1.82) is 0 Å². The smallest absolute Gasteiger partial charge is 0.220 e. The number of carbonyl (C=O) groups excluding carboxylic acids is 1. The number of hydrogen-bond acceptors (Lipinski definition) is 8. The summed E-state index contributed by atoms with van der Waals surface area (Å²) in [4.78, 5) is 13.0. The van der Waals surface area contributed by atoms with Crippen LogP contribution in [0, 0.1) is 0 Å². The molecule has 1 rings (SSSR count). The Labute approximate surface area is 403 Å². The van der Waals surface area contributed by atoms with Crippen LogP contribution in [-0.4, -0.2) is 87.5 Å². The molecule has 0 aromatic rings. The highest BCUT2D eigenvalue weighted by Gasteiger charge is 2.44. The molecule has 380 valence electrons. The van der Waals surface area contributed by atoms with Gasteiger partial charge in [-0.1, -0.05) is 221 Å². The molecule has 6 N–H and O–H groups in total. The number of unbranched alkanes of at least 4 members (excludes halogenated alkanes) is 22. The van der Waals surface area contributed by atoms with E-state index >= 15 is 0 Å². The Morgan fingerprint density at radius 3 is 1.39 bits per heavy atom. The van der Waals surface area contributed by atoms with Crippen LogP contribution in [0.3, 0.4) is 0 Å². The fourth-order valence-corrected chi connectivity index (χ4v) is 7.98. The normalized spacial score (nSPS) is 20.5. The van der Waals surface area contributed by atoms with Crippen molar-refractivity contribution in [3.8, 4) is 0 Å². The number of amides is 1. The average molecular weight is 926 g/mol. The van der Waals surface area contributed by atoms with Gasteiger partial charge in [0.15, 0.2) is 6.29 Å². The maximum Gasteiger partial charge on any atom is 0.220 e. The monoisotopic (exact) mass is 926 g/mol. The Bertz CT molecular complexity index is 1300. The van der Waals surface area contributed by atoms with Crippen LogP contribution in [0.1, 0.15) is 213 Å². The molecular formula is C57H99NO8. The number of nitrogens with one attached hydrogen (secondary N) is 1. The van der Waals surface area contributed by atoms with Gasteiger partial charge in [-0.3, -0.25) is 4.79 Å². The van der Waals surface area contributed by atoms with Crippen LogP contribution in [0.5, 0.6) is 0 Å². The van der Waals surface area contributed by atoms with Crippen LogP contribution in [0.2, 0.25) is 0 Å². The maximum absolute atomic E-state index is 13.0. The van der Waals surface area contributed by atoms with E-state index in [9.17, 15) is 30.3 Å². The third-order valence-corrected chi connectivity index (χ3v) is 12.2. The van der Waals surface area contributed by atoms with Gasteiger partial charge in [-0.15, -0.1) is 0 Å². The zero-order chi connectivity index (χ0) is 48.0. The van der Waals surface area contributed by atoms with Crippen molar-refractivity contribution >= 4 is 5.91 Å². The molecule has 66 heavy (non-hydrogen) atoms. The number of aliphatic hydroxyl groups excluding tert-OH is 5. The third-order valence-electron chi connectivity index (χ3n) is 12.2. The minimum Gasteiger partial charge on any atom is -0.394 e. The van der Waals surface area contributed by atoms with Crippen LogP contribution in [-0.2, 0) is 14.3 Å². The van der Waals surface area contributed by atoms with Crippen LogP contribution >= 0.6 is 0 Å². The first-order chi connectivity index (χ1) is 32.3. The van der Waals surface area contributed by atoms with Gasteiger partial charge < -0.3 is 40.3 Å². The van der Waals surface area contributed by atoms with Gasteiger partial charge in [0.05, 0.1) is 25.4 Å². The number of aliphatic hydroxyl groups is 5. The van der Waals surface area contributed by atoms with Gasteiger partial charge in [0.1, 0.15) is 24.4 Å². The molecule has 1 amide bonds. The first kappa shape index (κ1) is 61.4. The van der Waals surface area contributed by atoms with Crippen LogP contribution < -0.4 is 5.32 Å². The molecule has 0 radical (unpaired) electrons. The van der Waals surface area contributed by atoms with Crippen molar-refractivity contribution < 1.29 is 39.8 Å². The van der Waals surface area contributed by atoms with E-state index in [2.05, 4.69) is 92.1 Å². The summed E-state index contributed by atoms with van der Waals surface area (Å²) in [5.74, 6) is -0.189. The first-order valence-electron chi connectivity index (χ1n) is 26.8. The number of ether oxygens (including phenoxy) is 2. The van der Waals surface area contributed by atoms with Crippen molar-refractivity contribution in [2.45, 2.75) is 256 Å². The first-order valence-corrected chi connectivity index (χ1v) is 26.8. The quantitative estimate of drug-likeness (QED) is 0.0261. The van der Waals surface area contributed by atoms with Crippen molar-refractivity contribution in [3.05, 3.63) is 85.1 Å². The highest BCUT2D eigenvalue weighted by molar-refractivity contribution is 5.76.